The number of aryl methyl sites for hydroxylation is 2. The first-order chi connectivity index (χ1) is 8.61. The number of hydrogen-bond acceptors (Lipinski definition) is 3. The van der Waals surface area contributed by atoms with Gasteiger partial charge in [-0.15, -0.1) is 0 Å². The van der Waals surface area contributed by atoms with Gasteiger partial charge in [0.2, 0.25) is 0 Å². The minimum atomic E-state index is -0.0528. The molecule has 18 heavy (non-hydrogen) atoms. The highest BCUT2D eigenvalue weighted by molar-refractivity contribution is 5.95. The third-order valence-corrected chi connectivity index (χ3v) is 3.80. The molecule has 1 aliphatic carbocycles. The van der Waals surface area contributed by atoms with Gasteiger partial charge in [-0.2, -0.15) is 5.10 Å². The second-order valence-electron chi connectivity index (χ2n) is 5.16. The summed E-state index contributed by atoms with van der Waals surface area (Å²) in [5.41, 5.74) is 7.20. The van der Waals surface area contributed by atoms with E-state index in [4.69, 9.17) is 5.73 Å². The molecule has 5 heteroatoms. The first kappa shape index (κ1) is 13.1. The molecule has 1 aromatic rings. The number of rotatable bonds is 4. The third-order valence-electron chi connectivity index (χ3n) is 3.80. The molecule has 100 valence electrons. The Bertz CT molecular complexity index is 421. The Balaban J connectivity index is 2.03. The van der Waals surface area contributed by atoms with Crippen LogP contribution >= 0.6 is 0 Å². The van der Waals surface area contributed by atoms with Gasteiger partial charge in [-0.05, 0) is 25.7 Å². The van der Waals surface area contributed by atoms with E-state index in [1.807, 2.05) is 14.0 Å². The molecule has 2 rings (SSSR count). The van der Waals surface area contributed by atoms with E-state index in [2.05, 4.69) is 10.4 Å². The summed E-state index contributed by atoms with van der Waals surface area (Å²) < 4.78 is 1.66. The number of nitrogens with one attached hydrogen (secondary N) is 1. The number of hydrogen-bond donors (Lipinski definition) is 2. The van der Waals surface area contributed by atoms with Crippen molar-refractivity contribution in [1.82, 2.24) is 15.1 Å². The van der Waals surface area contributed by atoms with Crippen LogP contribution in [0.2, 0.25) is 0 Å². The molecule has 1 aromatic heterocycles. The van der Waals surface area contributed by atoms with E-state index in [0.29, 0.717) is 18.0 Å². The third kappa shape index (κ3) is 2.72. The van der Waals surface area contributed by atoms with Crippen LogP contribution in [0.15, 0.2) is 6.20 Å². The highest BCUT2D eigenvalue weighted by atomic mass is 16.1. The molecule has 1 amide bonds. The number of carbonyl (C=O) groups excluding carboxylic acids is 1. The van der Waals surface area contributed by atoms with Crippen molar-refractivity contribution in [2.45, 2.75) is 38.6 Å². The van der Waals surface area contributed by atoms with Gasteiger partial charge in [0, 0.05) is 25.8 Å². The summed E-state index contributed by atoms with van der Waals surface area (Å²) in [6, 6.07) is 0.0969. The van der Waals surface area contributed by atoms with Crippen LogP contribution < -0.4 is 11.1 Å². The Hall–Kier alpha value is -1.36. The predicted molar refractivity (Wildman–Crippen MR) is 70.2 cm³/mol. The molecule has 1 atom stereocenters. The zero-order valence-corrected chi connectivity index (χ0v) is 11.1. The highest BCUT2D eigenvalue weighted by Gasteiger charge is 2.26. The summed E-state index contributed by atoms with van der Waals surface area (Å²) in [5, 5.41) is 7.25. The van der Waals surface area contributed by atoms with Gasteiger partial charge in [-0.3, -0.25) is 9.48 Å². The van der Waals surface area contributed by atoms with E-state index >= 15 is 0 Å². The van der Waals surface area contributed by atoms with Crippen LogP contribution in [0.25, 0.3) is 0 Å². The van der Waals surface area contributed by atoms with Gasteiger partial charge in [0.1, 0.15) is 0 Å². The minimum Gasteiger partial charge on any atom is -0.348 e. The lowest BCUT2D eigenvalue weighted by molar-refractivity contribution is 0.0923. The molecule has 0 spiro atoms. The van der Waals surface area contributed by atoms with Crippen molar-refractivity contribution in [1.29, 1.82) is 0 Å². The van der Waals surface area contributed by atoms with Gasteiger partial charge < -0.3 is 11.1 Å². The summed E-state index contributed by atoms with van der Waals surface area (Å²) in [6.07, 6.45) is 6.61. The second kappa shape index (κ2) is 5.52. The zero-order chi connectivity index (χ0) is 13.1. The average Bonchev–Trinajstić information content (AvgIpc) is 2.95. The Morgan fingerprint density at radius 3 is 2.78 bits per heavy atom. The fourth-order valence-corrected chi connectivity index (χ4v) is 2.80. The minimum absolute atomic E-state index is 0.0528. The Kier molecular flexibility index (Phi) is 4.01. The Morgan fingerprint density at radius 1 is 1.61 bits per heavy atom. The molecule has 3 N–H and O–H groups in total. The van der Waals surface area contributed by atoms with Crippen LogP contribution in [0, 0.1) is 12.8 Å². The molecular formula is C13H22N4O. The molecule has 1 unspecified atom stereocenters. The van der Waals surface area contributed by atoms with Crippen molar-refractivity contribution in [2.75, 3.05) is 6.54 Å². The van der Waals surface area contributed by atoms with Crippen molar-refractivity contribution >= 4 is 5.91 Å². The van der Waals surface area contributed by atoms with Gasteiger partial charge in [0.15, 0.2) is 0 Å². The maximum atomic E-state index is 12.2. The molecule has 0 radical (unpaired) electrons. The fourth-order valence-electron chi connectivity index (χ4n) is 2.80. The average molecular weight is 250 g/mol. The van der Waals surface area contributed by atoms with E-state index in [0.717, 1.165) is 5.69 Å². The van der Waals surface area contributed by atoms with Gasteiger partial charge in [0.25, 0.3) is 5.91 Å². The van der Waals surface area contributed by atoms with E-state index < -0.39 is 0 Å². The quantitative estimate of drug-likeness (QED) is 0.836. The number of nitrogens with two attached hydrogens (primary N) is 1. The summed E-state index contributed by atoms with van der Waals surface area (Å²) in [5.74, 6) is 0.485. The van der Waals surface area contributed by atoms with E-state index in [-0.39, 0.29) is 11.9 Å². The normalized spacial score (nSPS) is 17.9. The summed E-state index contributed by atoms with van der Waals surface area (Å²) in [7, 11) is 1.82. The smallest absolute Gasteiger partial charge is 0.255 e. The SMILES string of the molecule is Cc1nn(C)cc1C(=O)NC(CN)C1CCCC1. The number of amides is 1. The molecule has 0 aromatic carbocycles. The number of aromatic nitrogens is 2. The molecule has 1 aliphatic rings. The first-order valence-corrected chi connectivity index (χ1v) is 6.63. The van der Waals surface area contributed by atoms with Crippen LogP contribution in [-0.2, 0) is 7.05 Å². The Morgan fingerprint density at radius 2 is 2.28 bits per heavy atom. The molecule has 0 bridgehead atoms. The van der Waals surface area contributed by atoms with Gasteiger partial charge in [0.05, 0.1) is 11.3 Å². The second-order valence-corrected chi connectivity index (χ2v) is 5.16. The monoisotopic (exact) mass is 250 g/mol. The van der Waals surface area contributed by atoms with Crippen molar-refractivity contribution < 1.29 is 4.79 Å². The lowest BCUT2D eigenvalue weighted by atomic mass is 9.98. The van der Waals surface area contributed by atoms with Crippen molar-refractivity contribution in [3.8, 4) is 0 Å². The number of nitrogens with zero attached hydrogens (tertiary/aromatic N) is 2. The van der Waals surface area contributed by atoms with Crippen molar-refractivity contribution in [2.24, 2.45) is 18.7 Å². The maximum absolute atomic E-state index is 12.2. The van der Waals surface area contributed by atoms with Crippen LogP contribution in [0.3, 0.4) is 0 Å². The molecule has 1 fully saturated rings. The summed E-state index contributed by atoms with van der Waals surface area (Å²) >= 11 is 0. The summed E-state index contributed by atoms with van der Waals surface area (Å²) in [6.45, 7) is 2.36. The number of carbonyl (C=O) groups is 1. The van der Waals surface area contributed by atoms with Crippen LogP contribution in [0.5, 0.6) is 0 Å². The molecule has 1 heterocycles. The van der Waals surface area contributed by atoms with Crippen LogP contribution in [0.1, 0.15) is 41.7 Å². The molecule has 1 saturated carbocycles. The maximum Gasteiger partial charge on any atom is 0.255 e. The topological polar surface area (TPSA) is 72.9 Å². The Labute approximate surface area is 108 Å². The van der Waals surface area contributed by atoms with E-state index in [1.54, 1.807) is 10.9 Å². The largest absolute Gasteiger partial charge is 0.348 e. The van der Waals surface area contributed by atoms with Gasteiger partial charge in [-0.25, -0.2) is 0 Å². The van der Waals surface area contributed by atoms with E-state index in [9.17, 15) is 4.79 Å². The molecule has 0 saturated heterocycles. The van der Waals surface area contributed by atoms with Crippen molar-refractivity contribution in [3.63, 3.8) is 0 Å². The molecular weight excluding hydrogens is 228 g/mol. The summed E-state index contributed by atoms with van der Waals surface area (Å²) in [4.78, 5) is 12.2. The first-order valence-electron chi connectivity index (χ1n) is 6.63. The van der Waals surface area contributed by atoms with Gasteiger partial charge in [-0.1, -0.05) is 12.8 Å². The molecule has 0 aliphatic heterocycles. The van der Waals surface area contributed by atoms with Crippen LogP contribution in [-0.4, -0.2) is 28.3 Å². The zero-order valence-electron chi connectivity index (χ0n) is 11.1. The lowest BCUT2D eigenvalue weighted by Crippen LogP contribution is -2.44. The molecule has 5 nitrogen and oxygen atoms in total. The fraction of sp³-hybridized carbons (Fsp3) is 0.692. The lowest BCUT2D eigenvalue weighted by Gasteiger charge is -2.22. The van der Waals surface area contributed by atoms with Gasteiger partial charge >= 0.3 is 0 Å². The predicted octanol–water partition coefficient (Wildman–Crippen LogP) is 0.976. The standard InChI is InChI=1S/C13H22N4O/c1-9-11(8-17(2)16-9)13(18)15-12(7-14)10-5-3-4-6-10/h8,10,12H,3-7,14H2,1-2H3,(H,15,18). The van der Waals surface area contributed by atoms with E-state index in [1.165, 1.54) is 25.7 Å². The highest BCUT2D eigenvalue weighted by Crippen LogP contribution is 2.27. The van der Waals surface area contributed by atoms with Crippen molar-refractivity contribution in [3.05, 3.63) is 17.5 Å². The van der Waals surface area contributed by atoms with Crippen LogP contribution in [0.4, 0.5) is 0 Å².